The van der Waals surface area contributed by atoms with Gasteiger partial charge in [0.25, 0.3) is 0 Å². The van der Waals surface area contributed by atoms with Crippen molar-refractivity contribution in [2.75, 3.05) is 37.7 Å². The maximum Gasteiger partial charge on any atom is 0.132 e. The standard InChI is InChI=1S/C18H23N5O/c1-2-7-20-16(4-1)12-22-9-3-6-18(13-22)14-23(10-11-24-18)17-5-8-19-15-21-17/h1-2,4-5,7-8,15H,3,6,9-14H2. The van der Waals surface area contributed by atoms with Crippen LogP contribution < -0.4 is 4.90 Å². The normalized spacial score (nSPS) is 25.1. The summed E-state index contributed by atoms with van der Waals surface area (Å²) in [5.74, 6) is 0.995. The van der Waals surface area contributed by atoms with Gasteiger partial charge in [-0.15, -0.1) is 0 Å². The van der Waals surface area contributed by atoms with Crippen LogP contribution in [0, 0.1) is 0 Å². The van der Waals surface area contributed by atoms with Gasteiger partial charge in [0, 0.05) is 38.6 Å². The van der Waals surface area contributed by atoms with Crippen molar-refractivity contribution in [3.63, 3.8) is 0 Å². The third-order valence-electron chi connectivity index (χ3n) is 4.87. The SMILES string of the molecule is c1ccc(CN2CCCC3(C2)CN(c2ccncn2)CCO3)nc1. The number of ether oxygens (including phenoxy) is 1. The average molecular weight is 325 g/mol. The lowest BCUT2D eigenvalue weighted by Crippen LogP contribution is -2.59. The molecule has 2 aromatic rings. The first-order valence-corrected chi connectivity index (χ1v) is 8.60. The molecule has 2 aliphatic heterocycles. The van der Waals surface area contributed by atoms with Crippen LogP contribution in [-0.4, -0.2) is 58.2 Å². The molecular formula is C18H23N5O. The number of likely N-dealkylation sites (tertiary alicyclic amines) is 1. The highest BCUT2D eigenvalue weighted by atomic mass is 16.5. The Labute approximate surface area is 142 Å². The number of hydrogen-bond acceptors (Lipinski definition) is 6. The van der Waals surface area contributed by atoms with Gasteiger partial charge in [0.05, 0.1) is 17.9 Å². The summed E-state index contributed by atoms with van der Waals surface area (Å²) in [5.41, 5.74) is 1.02. The number of hydrogen-bond donors (Lipinski definition) is 0. The zero-order chi connectivity index (χ0) is 16.2. The highest BCUT2D eigenvalue weighted by Gasteiger charge is 2.40. The fourth-order valence-corrected chi connectivity index (χ4v) is 3.80. The molecule has 2 saturated heterocycles. The van der Waals surface area contributed by atoms with Crippen LogP contribution in [0.25, 0.3) is 0 Å². The summed E-state index contributed by atoms with van der Waals surface area (Å²) in [6.45, 7) is 5.48. The molecular weight excluding hydrogens is 302 g/mol. The fraction of sp³-hybridized carbons (Fsp3) is 0.500. The third kappa shape index (κ3) is 3.39. The van der Waals surface area contributed by atoms with Gasteiger partial charge in [0.2, 0.25) is 0 Å². The number of anilines is 1. The van der Waals surface area contributed by atoms with E-state index in [9.17, 15) is 0 Å². The van der Waals surface area contributed by atoms with E-state index in [2.05, 4.69) is 36.9 Å². The molecule has 1 unspecified atom stereocenters. The van der Waals surface area contributed by atoms with Gasteiger partial charge in [0.1, 0.15) is 12.1 Å². The van der Waals surface area contributed by atoms with Crippen molar-refractivity contribution < 1.29 is 4.74 Å². The Morgan fingerprint density at radius 2 is 2.08 bits per heavy atom. The highest BCUT2D eigenvalue weighted by molar-refractivity contribution is 5.38. The van der Waals surface area contributed by atoms with E-state index in [1.165, 1.54) is 0 Å². The van der Waals surface area contributed by atoms with Crippen LogP contribution in [0.1, 0.15) is 18.5 Å². The molecule has 2 aliphatic rings. The molecule has 0 aliphatic carbocycles. The van der Waals surface area contributed by atoms with Gasteiger partial charge in [-0.3, -0.25) is 9.88 Å². The Morgan fingerprint density at radius 1 is 1.08 bits per heavy atom. The van der Waals surface area contributed by atoms with Crippen LogP contribution in [0.4, 0.5) is 5.82 Å². The summed E-state index contributed by atoms with van der Waals surface area (Å²) in [6.07, 6.45) is 7.55. The minimum Gasteiger partial charge on any atom is -0.370 e. The maximum absolute atomic E-state index is 6.28. The Bertz CT molecular complexity index is 649. The molecule has 4 heterocycles. The van der Waals surface area contributed by atoms with Gasteiger partial charge in [-0.1, -0.05) is 6.07 Å². The summed E-state index contributed by atoms with van der Waals surface area (Å²) < 4.78 is 6.28. The first-order valence-electron chi connectivity index (χ1n) is 8.60. The Hall–Kier alpha value is -2.05. The molecule has 24 heavy (non-hydrogen) atoms. The van der Waals surface area contributed by atoms with E-state index in [1.807, 2.05) is 18.3 Å². The van der Waals surface area contributed by atoms with Crippen LogP contribution in [0.3, 0.4) is 0 Å². The zero-order valence-corrected chi connectivity index (χ0v) is 13.8. The van der Waals surface area contributed by atoms with E-state index < -0.39 is 0 Å². The van der Waals surface area contributed by atoms with E-state index in [1.54, 1.807) is 12.5 Å². The zero-order valence-electron chi connectivity index (χ0n) is 13.8. The van der Waals surface area contributed by atoms with Crippen LogP contribution in [0.5, 0.6) is 0 Å². The molecule has 126 valence electrons. The molecule has 6 heteroatoms. The molecule has 0 radical (unpaired) electrons. The molecule has 2 fully saturated rings. The maximum atomic E-state index is 6.28. The van der Waals surface area contributed by atoms with E-state index >= 15 is 0 Å². The smallest absolute Gasteiger partial charge is 0.132 e. The number of aromatic nitrogens is 3. The van der Waals surface area contributed by atoms with Gasteiger partial charge in [0.15, 0.2) is 0 Å². The summed E-state index contributed by atoms with van der Waals surface area (Å²) >= 11 is 0. The van der Waals surface area contributed by atoms with E-state index in [0.29, 0.717) is 0 Å². The van der Waals surface area contributed by atoms with Crippen molar-refractivity contribution in [3.8, 4) is 0 Å². The minimum atomic E-state index is -0.101. The second kappa shape index (κ2) is 6.83. The minimum absolute atomic E-state index is 0.101. The monoisotopic (exact) mass is 325 g/mol. The predicted octanol–water partition coefficient (Wildman–Crippen LogP) is 1.74. The van der Waals surface area contributed by atoms with Crippen molar-refractivity contribution >= 4 is 5.82 Å². The summed E-state index contributed by atoms with van der Waals surface area (Å²) in [6, 6.07) is 8.09. The lowest BCUT2D eigenvalue weighted by Gasteiger charge is -2.48. The quantitative estimate of drug-likeness (QED) is 0.857. The van der Waals surface area contributed by atoms with E-state index in [0.717, 1.165) is 63.7 Å². The number of pyridine rings is 1. The second-order valence-corrected chi connectivity index (χ2v) is 6.66. The van der Waals surface area contributed by atoms with E-state index in [-0.39, 0.29) is 5.60 Å². The van der Waals surface area contributed by atoms with Gasteiger partial charge in [-0.25, -0.2) is 9.97 Å². The molecule has 1 atom stereocenters. The molecule has 0 saturated carbocycles. The first kappa shape index (κ1) is 15.5. The van der Waals surface area contributed by atoms with Crippen molar-refractivity contribution in [1.82, 2.24) is 19.9 Å². The van der Waals surface area contributed by atoms with Gasteiger partial charge >= 0.3 is 0 Å². The molecule has 2 aromatic heterocycles. The molecule has 0 N–H and O–H groups in total. The average Bonchev–Trinajstić information content (AvgIpc) is 2.63. The summed E-state index contributed by atoms with van der Waals surface area (Å²) in [7, 11) is 0. The van der Waals surface area contributed by atoms with Gasteiger partial charge in [-0.2, -0.15) is 0 Å². The fourth-order valence-electron chi connectivity index (χ4n) is 3.80. The predicted molar refractivity (Wildman–Crippen MR) is 91.7 cm³/mol. The van der Waals surface area contributed by atoms with Gasteiger partial charge < -0.3 is 9.64 Å². The van der Waals surface area contributed by atoms with Crippen molar-refractivity contribution in [2.24, 2.45) is 0 Å². The molecule has 1 spiro atoms. The van der Waals surface area contributed by atoms with Crippen LogP contribution in [0.15, 0.2) is 43.0 Å². The number of piperidine rings is 1. The van der Waals surface area contributed by atoms with Crippen LogP contribution in [-0.2, 0) is 11.3 Å². The molecule has 6 nitrogen and oxygen atoms in total. The van der Waals surface area contributed by atoms with E-state index in [4.69, 9.17) is 4.74 Å². The van der Waals surface area contributed by atoms with Gasteiger partial charge in [-0.05, 0) is 37.6 Å². The van der Waals surface area contributed by atoms with Crippen molar-refractivity contribution in [1.29, 1.82) is 0 Å². The number of nitrogens with zero attached hydrogens (tertiary/aromatic N) is 5. The largest absolute Gasteiger partial charge is 0.370 e. The Balaban J connectivity index is 1.45. The third-order valence-corrected chi connectivity index (χ3v) is 4.87. The second-order valence-electron chi connectivity index (χ2n) is 6.66. The number of rotatable bonds is 3. The lowest BCUT2D eigenvalue weighted by atomic mass is 9.90. The molecule has 0 aromatic carbocycles. The number of morpholine rings is 1. The van der Waals surface area contributed by atoms with Crippen molar-refractivity contribution in [3.05, 3.63) is 48.7 Å². The molecule has 0 amide bonds. The van der Waals surface area contributed by atoms with Crippen LogP contribution in [0.2, 0.25) is 0 Å². The summed E-state index contributed by atoms with van der Waals surface area (Å²) in [4.78, 5) is 17.7. The topological polar surface area (TPSA) is 54.4 Å². The highest BCUT2D eigenvalue weighted by Crippen LogP contribution is 2.31. The summed E-state index contributed by atoms with van der Waals surface area (Å²) in [5, 5.41) is 0. The van der Waals surface area contributed by atoms with Crippen molar-refractivity contribution in [2.45, 2.75) is 25.0 Å². The Morgan fingerprint density at radius 3 is 2.92 bits per heavy atom. The Kier molecular flexibility index (Phi) is 4.40. The molecule has 0 bridgehead atoms. The molecule has 4 rings (SSSR count). The van der Waals surface area contributed by atoms with Crippen LogP contribution >= 0.6 is 0 Å². The lowest BCUT2D eigenvalue weighted by molar-refractivity contribution is -0.0988. The first-order chi connectivity index (χ1) is 11.8.